The number of fused-ring (bicyclic) bond motifs is 1. The predicted octanol–water partition coefficient (Wildman–Crippen LogP) is 3.88. The summed E-state index contributed by atoms with van der Waals surface area (Å²) in [4.78, 5) is 26.6. The summed E-state index contributed by atoms with van der Waals surface area (Å²) >= 11 is 1.22. The maximum atomic E-state index is 12.9. The minimum atomic E-state index is -4.55. The van der Waals surface area contributed by atoms with Gasteiger partial charge in [-0.1, -0.05) is 0 Å². The van der Waals surface area contributed by atoms with Crippen molar-refractivity contribution in [1.82, 2.24) is 0 Å². The third-order valence-electron chi connectivity index (χ3n) is 3.95. The van der Waals surface area contributed by atoms with Crippen molar-refractivity contribution < 1.29 is 27.9 Å². The average Bonchev–Trinajstić information content (AvgIpc) is 2.61. The number of aromatic hydroxyl groups is 1. The molecule has 1 heterocycles. The van der Waals surface area contributed by atoms with E-state index in [9.17, 15) is 27.9 Å². The van der Waals surface area contributed by atoms with Crippen LogP contribution in [0.2, 0.25) is 0 Å². The van der Waals surface area contributed by atoms with Gasteiger partial charge in [-0.25, -0.2) is 0 Å². The third kappa shape index (κ3) is 4.19. The van der Waals surface area contributed by atoms with Crippen molar-refractivity contribution in [2.75, 3.05) is 16.8 Å². The van der Waals surface area contributed by atoms with E-state index in [1.807, 2.05) is 0 Å². The highest BCUT2D eigenvalue weighted by Gasteiger charge is 2.35. The van der Waals surface area contributed by atoms with E-state index in [1.54, 1.807) is 19.1 Å². The van der Waals surface area contributed by atoms with Gasteiger partial charge in [-0.2, -0.15) is 13.2 Å². The Hall–Kier alpha value is -2.68. The first-order chi connectivity index (χ1) is 12.6. The molecule has 1 atom stereocenters. The molecule has 27 heavy (non-hydrogen) atoms. The van der Waals surface area contributed by atoms with Crippen molar-refractivity contribution in [3.63, 3.8) is 0 Å². The number of nitrogens with one attached hydrogen (secondary N) is 1. The fraction of sp³-hybridized carbons (Fsp3) is 0.222. The number of rotatable bonds is 3. The molecule has 1 aliphatic rings. The fourth-order valence-corrected chi connectivity index (χ4v) is 3.59. The van der Waals surface area contributed by atoms with E-state index in [2.05, 4.69) is 5.32 Å². The maximum Gasteiger partial charge on any atom is 0.416 e. The highest BCUT2D eigenvalue weighted by atomic mass is 32.2. The van der Waals surface area contributed by atoms with Crippen LogP contribution < -0.4 is 10.2 Å². The first-order valence-electron chi connectivity index (χ1n) is 7.93. The molecule has 0 saturated carbocycles. The van der Waals surface area contributed by atoms with Crippen molar-refractivity contribution in [2.45, 2.75) is 23.2 Å². The zero-order valence-electron chi connectivity index (χ0n) is 14.1. The Morgan fingerprint density at radius 3 is 2.52 bits per heavy atom. The van der Waals surface area contributed by atoms with Crippen LogP contribution in [0.3, 0.4) is 0 Å². The Kier molecular flexibility index (Phi) is 5.05. The van der Waals surface area contributed by atoms with Gasteiger partial charge in [0.15, 0.2) is 0 Å². The van der Waals surface area contributed by atoms with Crippen molar-refractivity contribution >= 4 is 35.0 Å². The lowest BCUT2D eigenvalue weighted by Gasteiger charge is -2.31. The van der Waals surface area contributed by atoms with Gasteiger partial charge in [0.25, 0.3) is 0 Å². The van der Waals surface area contributed by atoms with Gasteiger partial charge in [-0.05, 0) is 49.4 Å². The molecule has 2 aromatic rings. The molecule has 0 radical (unpaired) electrons. The predicted molar refractivity (Wildman–Crippen MR) is 95.9 cm³/mol. The van der Waals surface area contributed by atoms with E-state index in [1.165, 1.54) is 34.9 Å². The molecule has 142 valence electrons. The van der Waals surface area contributed by atoms with Gasteiger partial charge < -0.3 is 10.4 Å². The zero-order valence-corrected chi connectivity index (χ0v) is 14.9. The van der Waals surface area contributed by atoms with E-state index in [0.717, 1.165) is 17.0 Å². The van der Waals surface area contributed by atoms with Crippen LogP contribution in [0, 0.1) is 0 Å². The Bertz CT molecular complexity index is 884. The molecule has 5 nitrogen and oxygen atoms in total. The smallest absolute Gasteiger partial charge is 0.416 e. The lowest BCUT2D eigenvalue weighted by Crippen LogP contribution is -2.45. The van der Waals surface area contributed by atoms with Crippen LogP contribution in [0.1, 0.15) is 12.5 Å². The first-order valence-corrected chi connectivity index (χ1v) is 8.81. The van der Waals surface area contributed by atoms with Crippen molar-refractivity contribution in [3.05, 3.63) is 48.0 Å². The summed E-state index contributed by atoms with van der Waals surface area (Å²) in [6.45, 7) is 1.38. The van der Waals surface area contributed by atoms with Gasteiger partial charge in [0.05, 0.1) is 22.2 Å². The molecule has 1 aliphatic heterocycles. The average molecular weight is 396 g/mol. The molecular formula is C18H15F3N2O3S. The monoisotopic (exact) mass is 396 g/mol. The second kappa shape index (κ2) is 7.15. The molecule has 0 aromatic heterocycles. The molecule has 0 aliphatic carbocycles. The molecule has 1 unspecified atom stereocenters. The molecule has 2 N–H and O–H groups in total. The van der Waals surface area contributed by atoms with Crippen LogP contribution in [0.5, 0.6) is 5.75 Å². The number of thioether (sulfide) groups is 1. The van der Waals surface area contributed by atoms with Gasteiger partial charge in [0.1, 0.15) is 12.3 Å². The zero-order chi connectivity index (χ0) is 19.8. The summed E-state index contributed by atoms with van der Waals surface area (Å²) in [5, 5.41) is 11.1. The van der Waals surface area contributed by atoms with E-state index >= 15 is 0 Å². The summed E-state index contributed by atoms with van der Waals surface area (Å²) < 4.78 is 38.7. The number of amides is 2. The van der Waals surface area contributed by atoms with Gasteiger partial charge in [-0.15, -0.1) is 11.8 Å². The lowest BCUT2D eigenvalue weighted by atomic mass is 10.1. The SMILES string of the molecule is CC(Sc1ccc(O)cc1)C(=O)N1CC(=O)Nc2cc(C(F)(F)F)ccc21. The number of anilines is 2. The number of phenols is 1. The first kappa shape index (κ1) is 19.1. The number of alkyl halides is 3. The lowest BCUT2D eigenvalue weighted by molar-refractivity contribution is -0.137. The largest absolute Gasteiger partial charge is 0.508 e. The molecule has 0 bridgehead atoms. The van der Waals surface area contributed by atoms with Gasteiger partial charge in [0, 0.05) is 4.90 Å². The minimum absolute atomic E-state index is 0.0451. The Morgan fingerprint density at radius 1 is 1.22 bits per heavy atom. The summed E-state index contributed by atoms with van der Waals surface area (Å²) in [5.74, 6) is -0.860. The molecule has 0 saturated heterocycles. The number of hydrogen-bond donors (Lipinski definition) is 2. The highest BCUT2D eigenvalue weighted by Crippen LogP contribution is 2.38. The van der Waals surface area contributed by atoms with E-state index < -0.39 is 28.8 Å². The molecule has 2 amide bonds. The number of benzene rings is 2. The molecule has 9 heteroatoms. The van der Waals surface area contributed by atoms with E-state index in [4.69, 9.17) is 0 Å². The van der Waals surface area contributed by atoms with Gasteiger partial charge in [-0.3, -0.25) is 14.5 Å². The second-order valence-electron chi connectivity index (χ2n) is 5.96. The summed E-state index contributed by atoms with van der Waals surface area (Å²) in [7, 11) is 0. The van der Waals surface area contributed by atoms with Crippen molar-refractivity contribution in [3.8, 4) is 5.75 Å². The van der Waals surface area contributed by atoms with Gasteiger partial charge >= 0.3 is 6.18 Å². The second-order valence-corrected chi connectivity index (χ2v) is 7.37. The minimum Gasteiger partial charge on any atom is -0.508 e. The molecule has 3 rings (SSSR count). The molecular weight excluding hydrogens is 381 g/mol. The maximum absolute atomic E-state index is 12.9. The third-order valence-corrected chi connectivity index (χ3v) is 5.05. The highest BCUT2D eigenvalue weighted by molar-refractivity contribution is 8.00. The normalized spacial score (nSPS) is 15.1. The summed E-state index contributed by atoms with van der Waals surface area (Å²) in [5.41, 5.74) is -0.718. The van der Waals surface area contributed by atoms with Gasteiger partial charge in [0.2, 0.25) is 11.8 Å². The molecule has 0 fully saturated rings. The fourth-order valence-electron chi connectivity index (χ4n) is 2.66. The number of phenolic OH excluding ortho intramolecular Hbond substituents is 1. The van der Waals surface area contributed by atoms with Crippen LogP contribution in [-0.2, 0) is 15.8 Å². The van der Waals surface area contributed by atoms with Crippen LogP contribution in [0.25, 0.3) is 0 Å². The van der Waals surface area contributed by atoms with Crippen LogP contribution in [0.4, 0.5) is 24.5 Å². The topological polar surface area (TPSA) is 69.6 Å². The van der Waals surface area contributed by atoms with Crippen molar-refractivity contribution in [2.24, 2.45) is 0 Å². The van der Waals surface area contributed by atoms with Crippen molar-refractivity contribution in [1.29, 1.82) is 0 Å². The molecule has 0 spiro atoms. The number of nitrogens with zero attached hydrogens (tertiary/aromatic N) is 1. The van der Waals surface area contributed by atoms with Crippen LogP contribution in [-0.4, -0.2) is 28.7 Å². The summed E-state index contributed by atoms with van der Waals surface area (Å²) in [6, 6.07) is 9.17. The van der Waals surface area contributed by atoms with E-state index in [-0.39, 0.29) is 23.7 Å². The summed E-state index contributed by atoms with van der Waals surface area (Å²) in [6.07, 6.45) is -4.55. The van der Waals surface area contributed by atoms with Crippen LogP contribution >= 0.6 is 11.8 Å². The Labute approximate surface area is 157 Å². The number of halogens is 3. The van der Waals surface area contributed by atoms with E-state index in [0.29, 0.717) is 0 Å². The Balaban J connectivity index is 1.85. The van der Waals surface area contributed by atoms with Crippen LogP contribution in [0.15, 0.2) is 47.4 Å². The Morgan fingerprint density at radius 2 is 1.89 bits per heavy atom. The number of carbonyl (C=O) groups excluding carboxylic acids is 2. The standard InChI is InChI=1S/C18H15F3N2O3S/c1-10(27-13-5-3-12(24)4-6-13)17(26)23-9-16(25)22-14-8-11(18(19,20)21)2-7-15(14)23/h2-8,10,24H,9H2,1H3,(H,22,25). The number of carbonyl (C=O) groups is 2. The molecule has 2 aromatic carbocycles. The number of hydrogen-bond acceptors (Lipinski definition) is 4. The quantitative estimate of drug-likeness (QED) is 0.773.